The number of pyridine rings is 1. The van der Waals surface area contributed by atoms with Gasteiger partial charge in [-0.25, -0.2) is 0 Å². The van der Waals surface area contributed by atoms with Gasteiger partial charge in [0.05, 0.1) is 23.8 Å². The van der Waals surface area contributed by atoms with Gasteiger partial charge in [0.15, 0.2) is 0 Å². The van der Waals surface area contributed by atoms with E-state index in [0.717, 1.165) is 22.3 Å². The monoisotopic (exact) mass is 441 g/mol. The minimum Gasteiger partial charge on any atom is -0.497 e. The van der Waals surface area contributed by atoms with Crippen LogP contribution in [0.15, 0.2) is 73.1 Å². The summed E-state index contributed by atoms with van der Waals surface area (Å²) in [5.41, 5.74) is 4.25. The van der Waals surface area contributed by atoms with Crippen molar-refractivity contribution in [2.45, 2.75) is 12.6 Å². The highest BCUT2D eigenvalue weighted by molar-refractivity contribution is 6.00. The summed E-state index contributed by atoms with van der Waals surface area (Å²) in [4.78, 5) is 30.0. The number of hydrogen-bond donors (Lipinski definition) is 1. The second-order valence-electron chi connectivity index (χ2n) is 7.63. The first-order valence-corrected chi connectivity index (χ1v) is 10.2. The molecule has 5 rings (SSSR count). The molecule has 2 aromatic carbocycles. The molecule has 0 radical (unpaired) electrons. The highest BCUT2D eigenvalue weighted by Crippen LogP contribution is 2.43. The van der Waals surface area contributed by atoms with E-state index < -0.39 is 11.0 Å². The van der Waals surface area contributed by atoms with Crippen molar-refractivity contribution in [3.8, 4) is 17.0 Å². The zero-order valence-electron chi connectivity index (χ0n) is 17.6. The van der Waals surface area contributed by atoms with Crippen molar-refractivity contribution >= 4 is 11.6 Å². The van der Waals surface area contributed by atoms with Crippen LogP contribution in [0.1, 0.15) is 33.2 Å². The Balaban J connectivity index is 1.62. The van der Waals surface area contributed by atoms with E-state index in [9.17, 15) is 14.9 Å². The van der Waals surface area contributed by atoms with Gasteiger partial charge in [-0.2, -0.15) is 5.10 Å². The van der Waals surface area contributed by atoms with Gasteiger partial charge in [0.1, 0.15) is 11.4 Å². The number of nitrogens with zero attached hydrogens (tertiary/aromatic N) is 4. The number of nitro benzene ring substituents is 1. The van der Waals surface area contributed by atoms with Crippen molar-refractivity contribution in [2.75, 3.05) is 7.11 Å². The number of hydrogen-bond acceptors (Lipinski definition) is 6. The van der Waals surface area contributed by atoms with Crippen molar-refractivity contribution in [1.29, 1.82) is 0 Å². The number of amides is 1. The molecule has 9 heteroatoms. The molecule has 1 unspecified atom stereocenters. The quantitative estimate of drug-likeness (QED) is 0.355. The number of ether oxygens (including phenoxy) is 1. The lowest BCUT2D eigenvalue weighted by Crippen LogP contribution is -2.29. The smallest absolute Gasteiger partial charge is 0.273 e. The van der Waals surface area contributed by atoms with Gasteiger partial charge >= 0.3 is 0 Å². The summed E-state index contributed by atoms with van der Waals surface area (Å²) >= 11 is 0. The predicted octanol–water partition coefficient (Wildman–Crippen LogP) is 4.13. The number of fused-ring (bicyclic) bond motifs is 1. The highest BCUT2D eigenvalue weighted by atomic mass is 16.6. The molecule has 3 heterocycles. The fourth-order valence-corrected chi connectivity index (χ4v) is 4.14. The van der Waals surface area contributed by atoms with Gasteiger partial charge in [-0.15, -0.1) is 0 Å². The molecule has 164 valence electrons. The molecule has 4 aromatic rings. The summed E-state index contributed by atoms with van der Waals surface area (Å²) in [5, 5.41) is 18.5. The molecular formula is C24H19N5O4. The molecule has 0 fully saturated rings. The molecule has 1 aliphatic heterocycles. The molecule has 2 aromatic heterocycles. The Morgan fingerprint density at radius 3 is 2.52 bits per heavy atom. The molecule has 0 spiro atoms. The zero-order valence-corrected chi connectivity index (χ0v) is 17.6. The van der Waals surface area contributed by atoms with E-state index in [0.29, 0.717) is 23.7 Å². The third-order valence-electron chi connectivity index (χ3n) is 5.72. The molecule has 0 saturated carbocycles. The van der Waals surface area contributed by atoms with Crippen LogP contribution in [0, 0.1) is 10.1 Å². The summed E-state index contributed by atoms with van der Waals surface area (Å²) in [7, 11) is 1.60. The molecule has 9 nitrogen and oxygen atoms in total. The van der Waals surface area contributed by atoms with Gasteiger partial charge in [0.2, 0.25) is 0 Å². The van der Waals surface area contributed by atoms with Crippen molar-refractivity contribution < 1.29 is 14.5 Å². The lowest BCUT2D eigenvalue weighted by molar-refractivity contribution is -0.384. The van der Waals surface area contributed by atoms with Crippen LogP contribution in [0.25, 0.3) is 11.3 Å². The first kappa shape index (κ1) is 20.4. The van der Waals surface area contributed by atoms with E-state index in [1.807, 2.05) is 36.4 Å². The molecule has 1 aliphatic rings. The number of nitrogens with one attached hydrogen (secondary N) is 1. The number of H-pyrrole nitrogens is 1. The Bertz CT molecular complexity index is 1320. The lowest BCUT2D eigenvalue weighted by Gasteiger charge is -2.26. The highest BCUT2D eigenvalue weighted by Gasteiger charge is 2.42. The largest absolute Gasteiger partial charge is 0.497 e. The number of benzene rings is 2. The third kappa shape index (κ3) is 3.59. The number of methoxy groups -OCH3 is 1. The Morgan fingerprint density at radius 1 is 1.12 bits per heavy atom. The molecule has 1 N–H and O–H groups in total. The molecule has 1 amide bonds. The maximum absolute atomic E-state index is 13.4. The van der Waals surface area contributed by atoms with Gasteiger partial charge in [0, 0.05) is 42.2 Å². The van der Waals surface area contributed by atoms with Crippen molar-refractivity contribution in [3.63, 3.8) is 0 Å². The average Bonchev–Trinajstić information content (AvgIpc) is 3.39. The first-order valence-electron chi connectivity index (χ1n) is 10.2. The molecule has 0 aliphatic carbocycles. The number of carbonyl (C=O) groups excluding carboxylic acids is 1. The summed E-state index contributed by atoms with van der Waals surface area (Å²) in [6.45, 7) is 0.332. The Kier molecular flexibility index (Phi) is 5.06. The molecule has 0 bridgehead atoms. The standard InChI is InChI=1S/C24H19N5O4/c1-33-19-10-6-16(7-11-19)21-20-22(27-26-21)24(30)28(14-15-3-2-12-25-13-15)23(20)17-4-8-18(9-5-17)29(31)32/h2-13,23H,14H2,1H3,(H,26,27). The number of carbonyl (C=O) groups is 1. The molecule has 0 saturated heterocycles. The summed E-state index contributed by atoms with van der Waals surface area (Å²) in [6.07, 6.45) is 3.40. The van der Waals surface area contributed by atoms with Gasteiger partial charge in [0.25, 0.3) is 11.6 Å². The van der Waals surface area contributed by atoms with Crippen LogP contribution in [-0.2, 0) is 6.54 Å². The van der Waals surface area contributed by atoms with Crippen LogP contribution in [0.4, 0.5) is 5.69 Å². The van der Waals surface area contributed by atoms with E-state index in [4.69, 9.17) is 4.74 Å². The topological polar surface area (TPSA) is 114 Å². The van der Waals surface area contributed by atoms with Gasteiger partial charge in [-0.3, -0.25) is 25.0 Å². The second-order valence-corrected chi connectivity index (χ2v) is 7.63. The first-order chi connectivity index (χ1) is 16.1. The van der Waals surface area contributed by atoms with Crippen LogP contribution < -0.4 is 4.74 Å². The normalized spacial score (nSPS) is 14.9. The summed E-state index contributed by atoms with van der Waals surface area (Å²) in [5.74, 6) is 0.525. The lowest BCUT2D eigenvalue weighted by atomic mass is 9.95. The summed E-state index contributed by atoms with van der Waals surface area (Å²) < 4.78 is 5.25. The predicted molar refractivity (Wildman–Crippen MR) is 120 cm³/mol. The van der Waals surface area contributed by atoms with E-state index >= 15 is 0 Å². The number of non-ortho nitro benzene ring substituents is 1. The second kappa shape index (κ2) is 8.19. The maximum Gasteiger partial charge on any atom is 0.273 e. The minimum absolute atomic E-state index is 0.00956. The average molecular weight is 441 g/mol. The Labute approximate surface area is 188 Å². The number of aromatic nitrogens is 3. The minimum atomic E-state index is -0.468. The van der Waals surface area contributed by atoms with Gasteiger partial charge in [-0.1, -0.05) is 6.07 Å². The molecular weight excluding hydrogens is 422 g/mol. The van der Waals surface area contributed by atoms with Gasteiger partial charge < -0.3 is 9.64 Å². The van der Waals surface area contributed by atoms with Crippen molar-refractivity contribution in [3.05, 3.63) is 106 Å². The van der Waals surface area contributed by atoms with E-state index in [2.05, 4.69) is 15.2 Å². The Hall–Kier alpha value is -4.53. The van der Waals surface area contributed by atoms with Gasteiger partial charge in [-0.05, 0) is 53.6 Å². The van der Waals surface area contributed by atoms with Crippen LogP contribution in [-0.4, -0.2) is 38.0 Å². The SMILES string of the molecule is COc1ccc(-c2n[nH]c3c2C(c2ccc([N+](=O)[O-])cc2)N(Cc2cccnc2)C3=O)cc1. The fourth-order valence-electron chi connectivity index (χ4n) is 4.14. The van der Waals surface area contributed by atoms with Crippen LogP contribution in [0.2, 0.25) is 0 Å². The summed E-state index contributed by atoms with van der Waals surface area (Å²) in [6, 6.07) is 17.0. The van der Waals surface area contributed by atoms with E-state index in [-0.39, 0.29) is 11.6 Å². The zero-order chi connectivity index (χ0) is 22.9. The van der Waals surface area contributed by atoms with Crippen LogP contribution >= 0.6 is 0 Å². The van der Waals surface area contributed by atoms with Crippen LogP contribution in [0.5, 0.6) is 5.75 Å². The Morgan fingerprint density at radius 2 is 1.88 bits per heavy atom. The van der Waals surface area contributed by atoms with Crippen molar-refractivity contribution in [1.82, 2.24) is 20.1 Å². The third-order valence-corrected chi connectivity index (χ3v) is 5.72. The molecule has 1 atom stereocenters. The molecule has 33 heavy (non-hydrogen) atoms. The fraction of sp³-hybridized carbons (Fsp3) is 0.125. The van der Waals surface area contributed by atoms with E-state index in [1.165, 1.54) is 12.1 Å². The van der Waals surface area contributed by atoms with Crippen molar-refractivity contribution in [2.24, 2.45) is 0 Å². The maximum atomic E-state index is 13.4. The number of aromatic amines is 1. The number of rotatable bonds is 6. The number of nitro groups is 1. The van der Waals surface area contributed by atoms with E-state index in [1.54, 1.807) is 36.5 Å². The van der Waals surface area contributed by atoms with Crippen LogP contribution in [0.3, 0.4) is 0 Å².